The van der Waals surface area contributed by atoms with Gasteiger partial charge in [-0.15, -0.1) is 0 Å². The number of halogens is 1. The van der Waals surface area contributed by atoms with Crippen LogP contribution in [0.4, 0.5) is 4.39 Å². The first kappa shape index (κ1) is 17.4. The van der Waals surface area contributed by atoms with Crippen LogP contribution in [0.25, 0.3) is 11.0 Å². The predicted octanol–water partition coefficient (Wildman–Crippen LogP) is 4.01. The standard InChI is InChI=1S/C18H18FNO4S/c1-3-23-16-6-4-5-13-11-17(24-18(13)16)12(2)20-25(21,22)15-9-7-14(19)8-10-15/h4-12,20H,3H2,1-2H3/t12-/m0/s1. The zero-order valence-electron chi connectivity index (χ0n) is 13.8. The third-order valence-electron chi connectivity index (χ3n) is 3.71. The number of hydrogen-bond acceptors (Lipinski definition) is 4. The maximum atomic E-state index is 13.0. The van der Waals surface area contributed by atoms with E-state index in [2.05, 4.69) is 4.72 Å². The Morgan fingerprint density at radius 2 is 1.92 bits per heavy atom. The topological polar surface area (TPSA) is 68.5 Å². The van der Waals surface area contributed by atoms with Crippen LogP contribution in [0.5, 0.6) is 5.75 Å². The third kappa shape index (κ3) is 3.67. The summed E-state index contributed by atoms with van der Waals surface area (Å²) in [5, 5.41) is 0.828. The zero-order chi connectivity index (χ0) is 18.0. The highest BCUT2D eigenvalue weighted by Crippen LogP contribution is 2.31. The van der Waals surface area contributed by atoms with E-state index in [1.165, 1.54) is 12.1 Å². The maximum absolute atomic E-state index is 13.0. The molecule has 25 heavy (non-hydrogen) atoms. The lowest BCUT2D eigenvalue weighted by Crippen LogP contribution is -2.26. The number of furan rings is 1. The highest BCUT2D eigenvalue weighted by molar-refractivity contribution is 7.89. The molecular formula is C18H18FNO4S. The van der Waals surface area contributed by atoms with Crippen LogP contribution in [0.15, 0.2) is 57.8 Å². The lowest BCUT2D eigenvalue weighted by atomic mass is 10.2. The van der Waals surface area contributed by atoms with Crippen molar-refractivity contribution in [1.82, 2.24) is 4.72 Å². The lowest BCUT2D eigenvalue weighted by Gasteiger charge is -2.12. The monoisotopic (exact) mass is 363 g/mol. The maximum Gasteiger partial charge on any atom is 0.241 e. The second-order valence-corrected chi connectivity index (χ2v) is 7.27. The number of rotatable bonds is 6. The Hall–Kier alpha value is -2.38. The Kier molecular flexibility index (Phi) is 4.78. The van der Waals surface area contributed by atoms with Gasteiger partial charge in [-0.25, -0.2) is 17.5 Å². The van der Waals surface area contributed by atoms with Gasteiger partial charge in [0.15, 0.2) is 11.3 Å². The van der Waals surface area contributed by atoms with Crippen molar-refractivity contribution in [3.8, 4) is 5.75 Å². The van der Waals surface area contributed by atoms with Crippen molar-refractivity contribution in [3.05, 3.63) is 60.1 Å². The van der Waals surface area contributed by atoms with E-state index in [4.69, 9.17) is 9.15 Å². The van der Waals surface area contributed by atoms with Crippen LogP contribution >= 0.6 is 0 Å². The van der Waals surface area contributed by atoms with E-state index in [0.29, 0.717) is 23.7 Å². The van der Waals surface area contributed by atoms with Crippen LogP contribution in [-0.2, 0) is 10.0 Å². The largest absolute Gasteiger partial charge is 0.490 e. The fourth-order valence-corrected chi connectivity index (χ4v) is 3.72. The molecule has 0 unspecified atom stereocenters. The molecule has 3 rings (SSSR count). The molecule has 7 heteroatoms. The van der Waals surface area contributed by atoms with Crippen molar-refractivity contribution in [2.24, 2.45) is 0 Å². The van der Waals surface area contributed by atoms with E-state index < -0.39 is 21.9 Å². The molecule has 0 saturated heterocycles. The van der Waals surface area contributed by atoms with Crippen LogP contribution in [0.1, 0.15) is 25.6 Å². The molecule has 0 spiro atoms. The number of fused-ring (bicyclic) bond motifs is 1. The van der Waals surface area contributed by atoms with Crippen LogP contribution in [-0.4, -0.2) is 15.0 Å². The molecule has 5 nitrogen and oxygen atoms in total. The van der Waals surface area contributed by atoms with E-state index in [-0.39, 0.29) is 4.90 Å². The van der Waals surface area contributed by atoms with Gasteiger partial charge in [0, 0.05) is 5.39 Å². The normalized spacial score (nSPS) is 13.1. The Bertz CT molecular complexity index is 980. The third-order valence-corrected chi connectivity index (χ3v) is 5.27. The first-order chi connectivity index (χ1) is 11.9. The van der Waals surface area contributed by atoms with Gasteiger partial charge >= 0.3 is 0 Å². The minimum absolute atomic E-state index is 0.00753. The highest BCUT2D eigenvalue weighted by atomic mass is 32.2. The van der Waals surface area contributed by atoms with Gasteiger partial charge < -0.3 is 9.15 Å². The summed E-state index contributed by atoms with van der Waals surface area (Å²) in [5.41, 5.74) is 0.576. The Labute approximate surface area is 145 Å². The lowest BCUT2D eigenvalue weighted by molar-refractivity contribution is 0.336. The number of nitrogens with one attached hydrogen (secondary N) is 1. The first-order valence-corrected chi connectivity index (χ1v) is 9.32. The van der Waals surface area contributed by atoms with Crippen molar-refractivity contribution in [3.63, 3.8) is 0 Å². The summed E-state index contributed by atoms with van der Waals surface area (Å²) in [7, 11) is -3.79. The molecule has 3 aromatic rings. The van der Waals surface area contributed by atoms with Crippen molar-refractivity contribution in [2.75, 3.05) is 6.61 Å². The molecule has 1 atom stereocenters. The van der Waals surface area contributed by atoms with E-state index in [1.54, 1.807) is 19.1 Å². The van der Waals surface area contributed by atoms with Crippen LogP contribution in [0, 0.1) is 5.82 Å². The van der Waals surface area contributed by atoms with Crippen molar-refractivity contribution >= 4 is 21.0 Å². The van der Waals surface area contributed by atoms with Gasteiger partial charge in [0.2, 0.25) is 10.0 Å². The summed E-state index contributed by atoms with van der Waals surface area (Å²) in [6, 6.07) is 11.3. The molecule has 1 aromatic heterocycles. The van der Waals surface area contributed by atoms with Crippen molar-refractivity contribution < 1.29 is 22.0 Å². The number of para-hydroxylation sites is 1. The van der Waals surface area contributed by atoms with Gasteiger partial charge in [-0.3, -0.25) is 0 Å². The van der Waals surface area contributed by atoms with Gasteiger partial charge in [-0.1, -0.05) is 12.1 Å². The minimum Gasteiger partial charge on any atom is -0.490 e. The van der Waals surface area contributed by atoms with Crippen molar-refractivity contribution in [1.29, 1.82) is 0 Å². The molecule has 2 aromatic carbocycles. The molecule has 1 heterocycles. The Morgan fingerprint density at radius 1 is 1.20 bits per heavy atom. The molecule has 0 bridgehead atoms. The number of hydrogen-bond donors (Lipinski definition) is 1. The molecule has 0 aliphatic rings. The van der Waals surface area contributed by atoms with Gasteiger partial charge in [-0.2, -0.15) is 0 Å². The predicted molar refractivity (Wildman–Crippen MR) is 92.5 cm³/mol. The average molecular weight is 363 g/mol. The van der Waals surface area contributed by atoms with E-state index in [1.807, 2.05) is 19.1 Å². The van der Waals surface area contributed by atoms with E-state index in [9.17, 15) is 12.8 Å². The second kappa shape index (κ2) is 6.85. The summed E-state index contributed by atoms with van der Waals surface area (Å²) in [6.07, 6.45) is 0. The smallest absolute Gasteiger partial charge is 0.241 e. The summed E-state index contributed by atoms with van der Waals surface area (Å²) in [4.78, 5) is -0.00753. The Balaban J connectivity index is 1.88. The van der Waals surface area contributed by atoms with E-state index >= 15 is 0 Å². The molecule has 0 radical (unpaired) electrons. The van der Waals surface area contributed by atoms with Crippen molar-refractivity contribution in [2.45, 2.75) is 24.8 Å². The summed E-state index contributed by atoms with van der Waals surface area (Å²) < 4.78 is 51.7. The quantitative estimate of drug-likeness (QED) is 0.718. The summed E-state index contributed by atoms with van der Waals surface area (Å²) in [6.45, 7) is 4.06. The molecule has 132 valence electrons. The molecule has 0 amide bonds. The molecule has 0 aliphatic carbocycles. The highest BCUT2D eigenvalue weighted by Gasteiger charge is 2.21. The SMILES string of the molecule is CCOc1cccc2cc([C@H](C)NS(=O)(=O)c3ccc(F)cc3)oc12. The number of ether oxygens (including phenoxy) is 1. The molecule has 0 saturated carbocycles. The second-order valence-electron chi connectivity index (χ2n) is 5.55. The molecule has 0 fully saturated rings. The van der Waals surface area contributed by atoms with Gasteiger partial charge in [0.05, 0.1) is 17.5 Å². The molecule has 0 aliphatic heterocycles. The molecular weight excluding hydrogens is 345 g/mol. The zero-order valence-corrected chi connectivity index (χ0v) is 14.6. The van der Waals surface area contributed by atoms with Crippen LogP contribution < -0.4 is 9.46 Å². The fourth-order valence-electron chi connectivity index (χ4n) is 2.51. The molecule has 1 N–H and O–H groups in total. The van der Waals surface area contributed by atoms with Crippen LogP contribution in [0.2, 0.25) is 0 Å². The average Bonchev–Trinajstić information content (AvgIpc) is 3.00. The van der Waals surface area contributed by atoms with Gasteiger partial charge in [0.1, 0.15) is 11.6 Å². The Morgan fingerprint density at radius 3 is 2.60 bits per heavy atom. The summed E-state index contributed by atoms with van der Waals surface area (Å²) >= 11 is 0. The fraction of sp³-hybridized carbons (Fsp3) is 0.222. The number of benzene rings is 2. The first-order valence-electron chi connectivity index (χ1n) is 7.84. The summed E-state index contributed by atoms with van der Waals surface area (Å²) in [5.74, 6) is 0.584. The number of sulfonamides is 1. The van der Waals surface area contributed by atoms with Gasteiger partial charge in [-0.05, 0) is 50.2 Å². The van der Waals surface area contributed by atoms with Crippen LogP contribution in [0.3, 0.4) is 0 Å². The van der Waals surface area contributed by atoms with E-state index in [0.717, 1.165) is 17.5 Å². The van der Waals surface area contributed by atoms with Gasteiger partial charge in [0.25, 0.3) is 0 Å². The minimum atomic E-state index is -3.79.